The molecular formula is C11H14ClNO2. The molecule has 0 atom stereocenters. The van der Waals surface area contributed by atoms with Crippen molar-refractivity contribution in [2.75, 3.05) is 6.54 Å². The van der Waals surface area contributed by atoms with Crippen LogP contribution >= 0.6 is 11.6 Å². The van der Waals surface area contributed by atoms with Crippen molar-refractivity contribution in [1.82, 2.24) is 0 Å². The molecule has 3 nitrogen and oxygen atoms in total. The van der Waals surface area contributed by atoms with E-state index in [9.17, 15) is 4.79 Å². The molecule has 0 aliphatic heterocycles. The van der Waals surface area contributed by atoms with Crippen LogP contribution in [0.5, 0.6) is 0 Å². The van der Waals surface area contributed by atoms with Gasteiger partial charge in [-0.05, 0) is 42.6 Å². The molecule has 1 aromatic rings. The lowest BCUT2D eigenvalue weighted by Crippen LogP contribution is -2.06. The van der Waals surface area contributed by atoms with Crippen molar-refractivity contribution in [3.05, 3.63) is 34.3 Å². The van der Waals surface area contributed by atoms with Gasteiger partial charge in [0.2, 0.25) is 0 Å². The first-order valence-electron chi connectivity index (χ1n) is 4.82. The van der Waals surface area contributed by atoms with E-state index in [1.807, 2.05) is 12.1 Å². The second kappa shape index (κ2) is 5.73. The molecule has 0 aliphatic rings. The first-order valence-corrected chi connectivity index (χ1v) is 5.20. The third-order valence-electron chi connectivity index (χ3n) is 2.19. The Morgan fingerprint density at radius 1 is 1.33 bits per heavy atom. The minimum absolute atomic E-state index is 0.138. The Bertz CT molecular complexity index is 352. The lowest BCUT2D eigenvalue weighted by molar-refractivity contribution is -0.136. The molecule has 0 spiro atoms. The molecule has 1 aromatic carbocycles. The number of carbonyl (C=O) groups is 1. The number of rotatable bonds is 5. The van der Waals surface area contributed by atoms with Crippen LogP contribution in [0.15, 0.2) is 18.2 Å². The fourth-order valence-corrected chi connectivity index (χ4v) is 1.66. The van der Waals surface area contributed by atoms with Crippen molar-refractivity contribution in [3.63, 3.8) is 0 Å². The third-order valence-corrected chi connectivity index (χ3v) is 2.43. The van der Waals surface area contributed by atoms with Gasteiger partial charge in [-0.15, -0.1) is 0 Å². The van der Waals surface area contributed by atoms with Crippen LogP contribution < -0.4 is 5.73 Å². The van der Waals surface area contributed by atoms with Crippen molar-refractivity contribution in [2.45, 2.75) is 19.3 Å². The Morgan fingerprint density at radius 2 is 2.07 bits per heavy atom. The maximum atomic E-state index is 10.5. The maximum absolute atomic E-state index is 10.5. The topological polar surface area (TPSA) is 63.3 Å². The summed E-state index contributed by atoms with van der Waals surface area (Å²) >= 11 is 5.86. The molecule has 15 heavy (non-hydrogen) atoms. The van der Waals surface area contributed by atoms with Gasteiger partial charge in [0.25, 0.3) is 0 Å². The summed E-state index contributed by atoms with van der Waals surface area (Å²) in [5.41, 5.74) is 7.54. The smallest absolute Gasteiger partial charge is 0.303 e. The van der Waals surface area contributed by atoms with E-state index in [1.54, 1.807) is 6.07 Å². The van der Waals surface area contributed by atoms with Gasteiger partial charge in [0, 0.05) is 11.4 Å². The van der Waals surface area contributed by atoms with E-state index in [0.29, 0.717) is 18.0 Å². The lowest BCUT2D eigenvalue weighted by atomic mass is 10.0. The molecule has 1 rings (SSSR count). The highest BCUT2D eigenvalue weighted by molar-refractivity contribution is 6.30. The highest BCUT2D eigenvalue weighted by Crippen LogP contribution is 2.17. The Labute approximate surface area is 93.9 Å². The molecule has 3 N–H and O–H groups in total. The van der Waals surface area contributed by atoms with Gasteiger partial charge in [-0.3, -0.25) is 4.79 Å². The summed E-state index contributed by atoms with van der Waals surface area (Å²) in [6.07, 6.45) is 1.40. The first-order chi connectivity index (χ1) is 7.13. The minimum atomic E-state index is -0.788. The number of aliphatic carboxylic acids is 1. The molecule has 4 heteroatoms. The van der Waals surface area contributed by atoms with Gasteiger partial charge >= 0.3 is 5.97 Å². The molecular weight excluding hydrogens is 214 g/mol. The van der Waals surface area contributed by atoms with Crippen molar-refractivity contribution < 1.29 is 9.90 Å². The summed E-state index contributed by atoms with van der Waals surface area (Å²) < 4.78 is 0. The molecule has 0 amide bonds. The molecule has 0 heterocycles. The first kappa shape index (κ1) is 12.0. The highest BCUT2D eigenvalue weighted by atomic mass is 35.5. The van der Waals surface area contributed by atoms with Crippen LogP contribution in [0.2, 0.25) is 5.02 Å². The van der Waals surface area contributed by atoms with Crippen LogP contribution in [0.4, 0.5) is 0 Å². The number of benzene rings is 1. The summed E-state index contributed by atoms with van der Waals surface area (Å²) in [6.45, 7) is 0.542. The van der Waals surface area contributed by atoms with Crippen LogP contribution in [-0.4, -0.2) is 17.6 Å². The van der Waals surface area contributed by atoms with Crippen LogP contribution in [0.1, 0.15) is 17.5 Å². The second-order valence-corrected chi connectivity index (χ2v) is 3.78. The molecule has 0 aromatic heterocycles. The van der Waals surface area contributed by atoms with Crippen molar-refractivity contribution in [1.29, 1.82) is 0 Å². The van der Waals surface area contributed by atoms with Crippen molar-refractivity contribution in [2.24, 2.45) is 5.73 Å². The summed E-state index contributed by atoms with van der Waals surface area (Å²) in [6, 6.07) is 5.50. The molecule has 0 unspecified atom stereocenters. The molecule has 0 saturated heterocycles. The van der Waals surface area contributed by atoms with Gasteiger partial charge in [-0.25, -0.2) is 0 Å². The Kier molecular flexibility index (Phi) is 4.59. The van der Waals surface area contributed by atoms with Gasteiger partial charge in [0.1, 0.15) is 0 Å². The summed E-state index contributed by atoms with van der Waals surface area (Å²) in [4.78, 5) is 10.5. The maximum Gasteiger partial charge on any atom is 0.303 e. The fraction of sp³-hybridized carbons (Fsp3) is 0.364. The van der Waals surface area contributed by atoms with Gasteiger partial charge in [0.15, 0.2) is 0 Å². The number of nitrogens with two attached hydrogens (primary N) is 1. The molecule has 0 radical (unpaired) electrons. The fourth-order valence-electron chi connectivity index (χ4n) is 1.47. The largest absolute Gasteiger partial charge is 0.481 e. The third kappa shape index (κ3) is 3.90. The molecule has 0 bridgehead atoms. The number of hydrogen-bond acceptors (Lipinski definition) is 2. The molecule has 0 aliphatic carbocycles. The minimum Gasteiger partial charge on any atom is -0.481 e. The van der Waals surface area contributed by atoms with E-state index in [0.717, 1.165) is 17.5 Å². The zero-order valence-corrected chi connectivity index (χ0v) is 9.13. The van der Waals surface area contributed by atoms with E-state index in [-0.39, 0.29) is 6.42 Å². The number of halogens is 1. The van der Waals surface area contributed by atoms with E-state index in [2.05, 4.69) is 0 Å². The van der Waals surface area contributed by atoms with E-state index >= 15 is 0 Å². The zero-order chi connectivity index (χ0) is 11.3. The van der Waals surface area contributed by atoms with E-state index in [4.69, 9.17) is 22.4 Å². The Balaban J connectivity index is 2.80. The standard InChI is InChI=1S/C11H14ClNO2/c12-10-3-1-8(2-4-11(14)15)9(7-10)5-6-13/h1,3,7H,2,4-6,13H2,(H,14,15). The molecule has 0 saturated carbocycles. The molecule has 82 valence electrons. The number of carboxylic acid groups (broad SMARTS) is 1. The van der Waals surface area contributed by atoms with Crippen molar-refractivity contribution >= 4 is 17.6 Å². The van der Waals surface area contributed by atoms with Gasteiger partial charge in [-0.1, -0.05) is 17.7 Å². The average Bonchev–Trinajstić information content (AvgIpc) is 2.17. The summed E-state index contributed by atoms with van der Waals surface area (Å²) in [5, 5.41) is 9.26. The van der Waals surface area contributed by atoms with Crippen LogP contribution in [0.25, 0.3) is 0 Å². The summed E-state index contributed by atoms with van der Waals surface area (Å²) in [7, 11) is 0. The lowest BCUT2D eigenvalue weighted by Gasteiger charge is -2.07. The van der Waals surface area contributed by atoms with E-state index < -0.39 is 5.97 Å². The number of carboxylic acids is 1. The number of aryl methyl sites for hydroxylation is 1. The quantitative estimate of drug-likeness (QED) is 0.807. The highest BCUT2D eigenvalue weighted by Gasteiger charge is 2.05. The Morgan fingerprint density at radius 3 is 2.67 bits per heavy atom. The van der Waals surface area contributed by atoms with E-state index in [1.165, 1.54) is 0 Å². The monoisotopic (exact) mass is 227 g/mol. The van der Waals surface area contributed by atoms with Crippen molar-refractivity contribution in [3.8, 4) is 0 Å². The predicted molar refractivity (Wildman–Crippen MR) is 60.2 cm³/mol. The van der Waals surface area contributed by atoms with Crippen LogP contribution in [0.3, 0.4) is 0 Å². The van der Waals surface area contributed by atoms with Gasteiger partial charge < -0.3 is 10.8 Å². The SMILES string of the molecule is NCCc1cc(Cl)ccc1CCC(=O)O. The second-order valence-electron chi connectivity index (χ2n) is 3.35. The number of hydrogen-bond donors (Lipinski definition) is 2. The van der Waals surface area contributed by atoms with Crippen LogP contribution in [0, 0.1) is 0 Å². The molecule has 0 fully saturated rings. The normalized spacial score (nSPS) is 10.3. The van der Waals surface area contributed by atoms with Gasteiger partial charge in [0.05, 0.1) is 0 Å². The Hall–Kier alpha value is -1.06. The average molecular weight is 228 g/mol. The zero-order valence-electron chi connectivity index (χ0n) is 8.37. The van der Waals surface area contributed by atoms with Gasteiger partial charge in [-0.2, -0.15) is 0 Å². The predicted octanol–water partition coefficient (Wildman–Crippen LogP) is 1.86. The summed E-state index contributed by atoms with van der Waals surface area (Å²) in [5.74, 6) is -0.788. The van der Waals surface area contributed by atoms with Crippen LogP contribution in [-0.2, 0) is 17.6 Å².